The summed E-state index contributed by atoms with van der Waals surface area (Å²) in [5, 5.41) is 11.7. The Morgan fingerprint density at radius 3 is 2.19 bits per heavy atom. The van der Waals surface area contributed by atoms with Crippen molar-refractivity contribution >= 4 is 23.1 Å². The molecule has 1 fully saturated rings. The summed E-state index contributed by atoms with van der Waals surface area (Å²) < 4.78 is 0. The zero-order chi connectivity index (χ0) is 19.2. The summed E-state index contributed by atoms with van der Waals surface area (Å²) in [6.07, 6.45) is 0. The third-order valence-corrected chi connectivity index (χ3v) is 4.68. The highest BCUT2D eigenvalue weighted by Crippen LogP contribution is 2.18. The molecule has 2 aromatic rings. The van der Waals surface area contributed by atoms with Crippen molar-refractivity contribution in [2.24, 2.45) is 0 Å². The predicted octanol–water partition coefficient (Wildman–Crippen LogP) is 2.52. The van der Waals surface area contributed by atoms with Crippen LogP contribution in [0.2, 0.25) is 0 Å². The zero-order valence-electron chi connectivity index (χ0n) is 15.3. The van der Waals surface area contributed by atoms with Crippen LogP contribution in [-0.4, -0.2) is 49.3 Å². The first kappa shape index (κ1) is 18.6. The van der Waals surface area contributed by atoms with Gasteiger partial charge < -0.3 is 10.2 Å². The molecule has 138 valence electrons. The first-order valence-corrected chi connectivity index (χ1v) is 8.93. The van der Waals surface area contributed by atoms with E-state index < -0.39 is 0 Å². The number of amides is 1. The Morgan fingerprint density at radius 2 is 1.63 bits per heavy atom. The van der Waals surface area contributed by atoms with Crippen LogP contribution in [0.4, 0.5) is 11.4 Å². The van der Waals surface area contributed by atoms with Crippen molar-refractivity contribution in [1.29, 1.82) is 5.26 Å². The van der Waals surface area contributed by atoms with Crippen LogP contribution in [0, 0.1) is 11.3 Å². The van der Waals surface area contributed by atoms with Gasteiger partial charge in [0, 0.05) is 43.1 Å². The molecule has 1 N–H and O–H groups in total. The van der Waals surface area contributed by atoms with Gasteiger partial charge in [-0.15, -0.1) is 0 Å². The summed E-state index contributed by atoms with van der Waals surface area (Å²) in [5.74, 6) is 0.0126. The van der Waals surface area contributed by atoms with Crippen molar-refractivity contribution < 1.29 is 9.59 Å². The summed E-state index contributed by atoms with van der Waals surface area (Å²) in [7, 11) is 0. The molecule has 6 heteroatoms. The predicted molar refractivity (Wildman–Crippen MR) is 105 cm³/mol. The maximum Gasteiger partial charge on any atom is 0.238 e. The highest BCUT2D eigenvalue weighted by atomic mass is 16.2. The molecule has 1 amide bonds. The number of hydrogen-bond acceptors (Lipinski definition) is 5. The lowest BCUT2D eigenvalue weighted by atomic mass is 10.1. The van der Waals surface area contributed by atoms with Crippen LogP contribution in [0.25, 0.3) is 0 Å². The van der Waals surface area contributed by atoms with Crippen LogP contribution in [0.3, 0.4) is 0 Å². The largest absolute Gasteiger partial charge is 0.369 e. The van der Waals surface area contributed by atoms with E-state index in [-0.39, 0.29) is 11.7 Å². The van der Waals surface area contributed by atoms with E-state index in [9.17, 15) is 9.59 Å². The van der Waals surface area contributed by atoms with Gasteiger partial charge >= 0.3 is 0 Å². The molecule has 27 heavy (non-hydrogen) atoms. The van der Waals surface area contributed by atoms with E-state index in [1.165, 1.54) is 0 Å². The summed E-state index contributed by atoms with van der Waals surface area (Å²) in [5.41, 5.74) is 3.09. The number of ketones is 1. The van der Waals surface area contributed by atoms with Gasteiger partial charge in [-0.3, -0.25) is 14.5 Å². The summed E-state index contributed by atoms with van der Waals surface area (Å²) in [6, 6.07) is 16.6. The SMILES string of the molecule is CC(=O)c1ccc(N2CCN(CC(=O)Nc3ccc(C#N)cc3)CC2)cc1. The second-order valence-corrected chi connectivity index (χ2v) is 6.60. The lowest BCUT2D eigenvalue weighted by Crippen LogP contribution is -2.48. The number of nitriles is 1. The van der Waals surface area contributed by atoms with Gasteiger partial charge in [-0.1, -0.05) is 0 Å². The first-order valence-electron chi connectivity index (χ1n) is 8.93. The third-order valence-electron chi connectivity index (χ3n) is 4.68. The van der Waals surface area contributed by atoms with Gasteiger partial charge in [-0.2, -0.15) is 5.26 Å². The van der Waals surface area contributed by atoms with Gasteiger partial charge in [-0.25, -0.2) is 0 Å². The molecule has 0 bridgehead atoms. The van der Waals surface area contributed by atoms with Crippen LogP contribution >= 0.6 is 0 Å². The Morgan fingerprint density at radius 1 is 1.00 bits per heavy atom. The highest BCUT2D eigenvalue weighted by Gasteiger charge is 2.19. The third kappa shape index (κ3) is 4.93. The number of carbonyl (C=O) groups excluding carboxylic acids is 2. The average molecular weight is 362 g/mol. The van der Waals surface area contributed by atoms with Gasteiger partial charge in [0.25, 0.3) is 0 Å². The molecule has 1 heterocycles. The van der Waals surface area contributed by atoms with E-state index >= 15 is 0 Å². The molecule has 6 nitrogen and oxygen atoms in total. The Labute approximate surface area is 159 Å². The molecular formula is C21H22N4O2. The average Bonchev–Trinajstić information content (AvgIpc) is 2.69. The summed E-state index contributed by atoms with van der Waals surface area (Å²) >= 11 is 0. The molecule has 0 radical (unpaired) electrons. The van der Waals surface area contributed by atoms with Gasteiger partial charge in [0.2, 0.25) is 5.91 Å². The van der Waals surface area contributed by atoms with Crippen LogP contribution in [0.5, 0.6) is 0 Å². The minimum atomic E-state index is -0.0565. The molecule has 0 unspecified atom stereocenters. The highest BCUT2D eigenvalue weighted by molar-refractivity contribution is 5.94. The fourth-order valence-corrected chi connectivity index (χ4v) is 3.10. The lowest BCUT2D eigenvalue weighted by Gasteiger charge is -2.35. The first-order chi connectivity index (χ1) is 13.0. The molecule has 1 saturated heterocycles. The minimum absolute atomic E-state index is 0.0565. The van der Waals surface area contributed by atoms with E-state index in [0.29, 0.717) is 17.8 Å². The summed E-state index contributed by atoms with van der Waals surface area (Å²) in [4.78, 5) is 28.0. The quantitative estimate of drug-likeness (QED) is 0.827. The molecule has 1 aliphatic heterocycles. The van der Waals surface area contributed by atoms with E-state index in [1.807, 2.05) is 24.3 Å². The Kier molecular flexibility index (Phi) is 5.84. The molecule has 0 spiro atoms. The van der Waals surface area contributed by atoms with Crippen molar-refractivity contribution in [1.82, 2.24) is 4.90 Å². The van der Waals surface area contributed by atoms with Crippen LogP contribution in [0.15, 0.2) is 48.5 Å². The molecule has 3 rings (SSSR count). The number of Topliss-reactive ketones (excluding diaryl/α,β-unsaturated/α-hetero) is 1. The molecule has 1 aliphatic rings. The van der Waals surface area contributed by atoms with Crippen LogP contribution < -0.4 is 10.2 Å². The van der Waals surface area contributed by atoms with Crippen molar-refractivity contribution in [3.8, 4) is 6.07 Å². The second-order valence-electron chi connectivity index (χ2n) is 6.60. The van der Waals surface area contributed by atoms with Crippen LogP contribution in [-0.2, 0) is 4.79 Å². The molecule has 0 saturated carbocycles. The van der Waals surface area contributed by atoms with Gasteiger partial charge in [-0.05, 0) is 55.5 Å². The second kappa shape index (κ2) is 8.47. The molecular weight excluding hydrogens is 340 g/mol. The number of anilines is 2. The zero-order valence-corrected chi connectivity index (χ0v) is 15.3. The monoisotopic (exact) mass is 362 g/mol. The number of rotatable bonds is 5. The number of carbonyl (C=O) groups is 2. The van der Waals surface area contributed by atoms with Crippen molar-refractivity contribution in [2.45, 2.75) is 6.92 Å². The molecule has 2 aromatic carbocycles. The van der Waals surface area contributed by atoms with Gasteiger partial charge in [0.1, 0.15) is 0 Å². The number of hydrogen-bond donors (Lipinski definition) is 1. The van der Waals surface area contributed by atoms with Crippen molar-refractivity contribution in [3.63, 3.8) is 0 Å². The lowest BCUT2D eigenvalue weighted by molar-refractivity contribution is -0.117. The Hall–Kier alpha value is -3.17. The normalized spacial score (nSPS) is 14.4. The number of nitrogens with zero attached hydrogens (tertiary/aromatic N) is 3. The number of piperazine rings is 1. The van der Waals surface area contributed by atoms with E-state index in [0.717, 1.165) is 37.4 Å². The summed E-state index contributed by atoms with van der Waals surface area (Å²) in [6.45, 7) is 5.19. The van der Waals surface area contributed by atoms with Gasteiger partial charge in [0.15, 0.2) is 5.78 Å². The fraction of sp³-hybridized carbons (Fsp3) is 0.286. The van der Waals surface area contributed by atoms with E-state index in [2.05, 4.69) is 21.2 Å². The Bertz CT molecular complexity index is 845. The smallest absolute Gasteiger partial charge is 0.238 e. The number of benzene rings is 2. The molecule has 0 aromatic heterocycles. The Balaban J connectivity index is 1.47. The fourth-order valence-electron chi connectivity index (χ4n) is 3.10. The van der Waals surface area contributed by atoms with Gasteiger partial charge in [0.05, 0.1) is 18.2 Å². The van der Waals surface area contributed by atoms with Crippen molar-refractivity contribution in [3.05, 3.63) is 59.7 Å². The standard InChI is InChI=1S/C21H22N4O2/c1-16(26)18-4-8-20(9-5-18)25-12-10-24(11-13-25)15-21(27)23-19-6-2-17(14-22)3-7-19/h2-9H,10-13,15H2,1H3,(H,23,27). The van der Waals surface area contributed by atoms with Crippen molar-refractivity contribution in [2.75, 3.05) is 42.9 Å². The topological polar surface area (TPSA) is 76.4 Å². The van der Waals surface area contributed by atoms with Crippen LogP contribution in [0.1, 0.15) is 22.8 Å². The molecule has 0 atom stereocenters. The maximum absolute atomic E-state index is 12.2. The maximum atomic E-state index is 12.2. The van der Waals surface area contributed by atoms with E-state index in [4.69, 9.17) is 5.26 Å². The molecule has 0 aliphatic carbocycles. The number of nitrogens with one attached hydrogen (secondary N) is 1. The van der Waals surface area contributed by atoms with E-state index in [1.54, 1.807) is 31.2 Å². The minimum Gasteiger partial charge on any atom is -0.369 e.